The number of amides is 1. The third kappa shape index (κ3) is 3.00. The molecular formula is C15H13N5O4. The second-order valence-electron chi connectivity index (χ2n) is 4.84. The van der Waals surface area contributed by atoms with Crippen molar-refractivity contribution in [3.8, 4) is 5.75 Å². The molecule has 24 heavy (non-hydrogen) atoms. The van der Waals surface area contributed by atoms with Crippen LogP contribution in [-0.4, -0.2) is 32.0 Å². The number of nitro groups is 1. The molecule has 9 nitrogen and oxygen atoms in total. The molecule has 0 fully saturated rings. The van der Waals surface area contributed by atoms with Gasteiger partial charge in [0.15, 0.2) is 11.4 Å². The number of anilines is 1. The summed E-state index contributed by atoms with van der Waals surface area (Å²) in [5, 5.41) is 21.4. The summed E-state index contributed by atoms with van der Waals surface area (Å²) in [6.07, 6.45) is 3.16. The third-order valence-corrected chi connectivity index (χ3v) is 3.27. The molecule has 0 atom stereocenters. The molecule has 0 radical (unpaired) electrons. The van der Waals surface area contributed by atoms with Gasteiger partial charge in [0.05, 0.1) is 17.2 Å². The van der Waals surface area contributed by atoms with Gasteiger partial charge in [-0.25, -0.2) is 0 Å². The molecule has 9 heteroatoms. The quantitative estimate of drug-likeness (QED) is 0.568. The number of hydrogen-bond acceptors (Lipinski definition) is 6. The Labute approximate surface area is 136 Å². The number of carbonyl (C=O) groups excluding carboxylic acids is 1. The van der Waals surface area contributed by atoms with Crippen molar-refractivity contribution in [3.05, 3.63) is 58.5 Å². The smallest absolute Gasteiger partial charge is 0.311 e. The van der Waals surface area contributed by atoms with Gasteiger partial charge in [-0.1, -0.05) is 0 Å². The van der Waals surface area contributed by atoms with Gasteiger partial charge in [-0.2, -0.15) is 0 Å². The molecule has 2 aromatic heterocycles. The van der Waals surface area contributed by atoms with Crippen molar-refractivity contribution in [1.29, 1.82) is 0 Å². The van der Waals surface area contributed by atoms with Crippen molar-refractivity contribution in [2.24, 2.45) is 0 Å². The Morgan fingerprint density at radius 1 is 1.38 bits per heavy atom. The van der Waals surface area contributed by atoms with Crippen LogP contribution >= 0.6 is 0 Å². The number of rotatable bonds is 5. The highest BCUT2D eigenvalue weighted by molar-refractivity contribution is 6.04. The van der Waals surface area contributed by atoms with Gasteiger partial charge in [-0.05, 0) is 31.2 Å². The lowest BCUT2D eigenvalue weighted by Crippen LogP contribution is -2.13. The maximum Gasteiger partial charge on any atom is 0.311 e. The highest BCUT2D eigenvalue weighted by Gasteiger charge is 2.18. The second kappa shape index (κ2) is 6.32. The summed E-state index contributed by atoms with van der Waals surface area (Å²) in [5.41, 5.74) is 1.07. The Hall–Kier alpha value is -3.49. The number of nitro benzene ring substituents is 1. The maximum absolute atomic E-state index is 12.3. The van der Waals surface area contributed by atoms with Gasteiger partial charge in [0.2, 0.25) is 0 Å². The van der Waals surface area contributed by atoms with Crippen LogP contribution in [0.3, 0.4) is 0 Å². The minimum atomic E-state index is -0.578. The van der Waals surface area contributed by atoms with Crippen LogP contribution < -0.4 is 10.1 Å². The van der Waals surface area contributed by atoms with Crippen LogP contribution in [0.15, 0.2) is 42.9 Å². The van der Waals surface area contributed by atoms with E-state index in [2.05, 4.69) is 15.5 Å². The van der Waals surface area contributed by atoms with Crippen LogP contribution in [0, 0.1) is 10.1 Å². The molecule has 1 aromatic carbocycles. The minimum absolute atomic E-state index is 0.130. The van der Waals surface area contributed by atoms with Crippen LogP contribution in [-0.2, 0) is 0 Å². The molecule has 0 saturated heterocycles. The zero-order valence-electron chi connectivity index (χ0n) is 12.7. The topological polar surface area (TPSA) is 112 Å². The number of carbonyl (C=O) groups is 1. The van der Waals surface area contributed by atoms with Crippen LogP contribution in [0.1, 0.15) is 17.3 Å². The lowest BCUT2D eigenvalue weighted by atomic mass is 10.1. The molecule has 0 aliphatic rings. The average Bonchev–Trinajstić information content (AvgIpc) is 3.03. The standard InChI is InChI=1S/C15H13N5O4/c1-2-24-13-5-3-10(7-12(13)20(22)23)15(21)17-11-4-6-14-18-16-9-19(14)8-11/h3-9H,2H2,1H3,(H,17,21). The molecule has 3 aromatic rings. The van der Waals surface area contributed by atoms with E-state index in [1.807, 2.05) is 0 Å². The van der Waals surface area contributed by atoms with Crippen LogP contribution in [0.4, 0.5) is 11.4 Å². The molecule has 0 bridgehead atoms. The van der Waals surface area contributed by atoms with Gasteiger partial charge >= 0.3 is 5.69 Å². The molecule has 0 spiro atoms. The van der Waals surface area contributed by atoms with E-state index >= 15 is 0 Å². The van der Waals surface area contributed by atoms with Crippen molar-refractivity contribution in [2.45, 2.75) is 6.92 Å². The number of ether oxygens (including phenoxy) is 1. The molecule has 1 amide bonds. The average molecular weight is 327 g/mol. The van der Waals surface area contributed by atoms with Crippen molar-refractivity contribution in [2.75, 3.05) is 11.9 Å². The fourth-order valence-corrected chi connectivity index (χ4v) is 2.18. The van der Waals surface area contributed by atoms with E-state index in [1.54, 1.807) is 29.7 Å². The highest BCUT2D eigenvalue weighted by atomic mass is 16.6. The van der Waals surface area contributed by atoms with Gasteiger partial charge in [0.1, 0.15) is 6.33 Å². The van der Waals surface area contributed by atoms with Crippen LogP contribution in [0.5, 0.6) is 5.75 Å². The van der Waals surface area contributed by atoms with Gasteiger partial charge in [-0.15, -0.1) is 10.2 Å². The molecule has 122 valence electrons. The predicted octanol–water partition coefficient (Wildman–Crippen LogP) is 2.29. The van der Waals surface area contributed by atoms with Crippen molar-refractivity contribution < 1.29 is 14.5 Å². The summed E-state index contributed by atoms with van der Waals surface area (Å²) in [6, 6.07) is 7.45. The third-order valence-electron chi connectivity index (χ3n) is 3.27. The van der Waals surface area contributed by atoms with E-state index in [0.29, 0.717) is 17.9 Å². The lowest BCUT2D eigenvalue weighted by Gasteiger charge is -2.08. The van der Waals surface area contributed by atoms with Crippen molar-refractivity contribution in [3.63, 3.8) is 0 Å². The molecule has 3 rings (SSSR count). The van der Waals surface area contributed by atoms with Gasteiger partial charge < -0.3 is 10.1 Å². The molecule has 0 aliphatic heterocycles. The summed E-state index contributed by atoms with van der Waals surface area (Å²) < 4.78 is 6.85. The summed E-state index contributed by atoms with van der Waals surface area (Å²) in [7, 11) is 0. The second-order valence-corrected chi connectivity index (χ2v) is 4.84. The molecule has 2 heterocycles. The fourth-order valence-electron chi connectivity index (χ4n) is 2.18. The molecule has 0 aliphatic carbocycles. The Morgan fingerprint density at radius 3 is 2.96 bits per heavy atom. The molecule has 0 saturated carbocycles. The molecule has 1 N–H and O–H groups in total. The van der Waals surface area contributed by atoms with E-state index in [9.17, 15) is 14.9 Å². The highest BCUT2D eigenvalue weighted by Crippen LogP contribution is 2.28. The van der Waals surface area contributed by atoms with E-state index in [-0.39, 0.29) is 17.0 Å². The zero-order valence-corrected chi connectivity index (χ0v) is 12.7. The maximum atomic E-state index is 12.3. The number of fused-ring (bicyclic) bond motifs is 1. The summed E-state index contributed by atoms with van der Waals surface area (Å²) in [4.78, 5) is 22.9. The van der Waals surface area contributed by atoms with Crippen molar-refractivity contribution >= 4 is 22.9 Å². The Bertz CT molecular complexity index is 921. The number of nitrogens with zero attached hydrogens (tertiary/aromatic N) is 4. The summed E-state index contributed by atoms with van der Waals surface area (Å²) >= 11 is 0. The molecule has 0 unspecified atom stereocenters. The fraction of sp³-hybridized carbons (Fsp3) is 0.133. The van der Waals surface area contributed by atoms with Gasteiger partial charge in [0.25, 0.3) is 5.91 Å². The van der Waals surface area contributed by atoms with Gasteiger partial charge in [-0.3, -0.25) is 19.3 Å². The van der Waals surface area contributed by atoms with E-state index in [1.165, 1.54) is 24.5 Å². The zero-order chi connectivity index (χ0) is 17.1. The number of aromatic nitrogens is 3. The first kappa shape index (κ1) is 15.4. The summed E-state index contributed by atoms with van der Waals surface area (Å²) in [6.45, 7) is 2.02. The predicted molar refractivity (Wildman–Crippen MR) is 85.2 cm³/mol. The number of hydrogen-bond donors (Lipinski definition) is 1. The first-order chi connectivity index (χ1) is 11.6. The van der Waals surface area contributed by atoms with E-state index in [4.69, 9.17) is 4.74 Å². The summed E-state index contributed by atoms with van der Waals surface area (Å²) in [5.74, 6) is -0.335. The minimum Gasteiger partial charge on any atom is -0.487 e. The first-order valence-electron chi connectivity index (χ1n) is 7.10. The molecular weight excluding hydrogens is 314 g/mol. The van der Waals surface area contributed by atoms with E-state index in [0.717, 1.165) is 0 Å². The van der Waals surface area contributed by atoms with Crippen LogP contribution in [0.2, 0.25) is 0 Å². The largest absolute Gasteiger partial charge is 0.487 e. The number of nitrogens with one attached hydrogen (secondary N) is 1. The van der Waals surface area contributed by atoms with Crippen LogP contribution in [0.25, 0.3) is 5.65 Å². The Morgan fingerprint density at radius 2 is 2.21 bits per heavy atom. The normalized spacial score (nSPS) is 10.5. The first-order valence-corrected chi connectivity index (χ1v) is 7.10. The number of pyridine rings is 1. The monoisotopic (exact) mass is 327 g/mol. The van der Waals surface area contributed by atoms with E-state index < -0.39 is 10.8 Å². The SMILES string of the molecule is CCOc1ccc(C(=O)Nc2ccc3nncn3c2)cc1[N+](=O)[O-]. The number of benzene rings is 1. The van der Waals surface area contributed by atoms with Crippen molar-refractivity contribution in [1.82, 2.24) is 14.6 Å². The lowest BCUT2D eigenvalue weighted by molar-refractivity contribution is -0.385. The Balaban J connectivity index is 1.86. The Kier molecular flexibility index (Phi) is 4.06. The van der Waals surface area contributed by atoms with Gasteiger partial charge in [0, 0.05) is 17.8 Å².